The number of ether oxygens (including phenoxy) is 1. The molecule has 3 aromatic rings. The third kappa shape index (κ3) is 4.40. The number of fused-ring (bicyclic) bond motifs is 1. The normalized spacial score (nSPS) is 12.0. The summed E-state index contributed by atoms with van der Waals surface area (Å²) in [6.07, 6.45) is -1.02. The number of phenolic OH excluding ortho intramolecular Hbond substituents is 1. The summed E-state index contributed by atoms with van der Waals surface area (Å²) in [6, 6.07) is 16.3. The number of aromatic hydroxyl groups is 1. The van der Waals surface area contributed by atoms with E-state index in [9.17, 15) is 14.7 Å². The molecule has 0 radical (unpaired) electrons. The molecule has 0 aliphatic rings. The van der Waals surface area contributed by atoms with Crippen LogP contribution in [0, 0.1) is 6.92 Å². The number of para-hydroxylation sites is 1. The zero-order valence-electron chi connectivity index (χ0n) is 17.0. The molecule has 0 spiro atoms. The highest BCUT2D eigenvalue weighted by atomic mass is 16.5. The Morgan fingerprint density at radius 1 is 0.966 bits per heavy atom. The minimum atomic E-state index is -1.02. The van der Waals surface area contributed by atoms with Crippen molar-refractivity contribution in [2.45, 2.75) is 39.7 Å². The fourth-order valence-electron chi connectivity index (χ4n) is 3.24. The van der Waals surface area contributed by atoms with Gasteiger partial charge in [0.1, 0.15) is 11.3 Å². The molecule has 3 aromatic carbocycles. The highest BCUT2D eigenvalue weighted by molar-refractivity contribution is 6.01. The van der Waals surface area contributed by atoms with E-state index in [0.29, 0.717) is 0 Å². The maximum atomic E-state index is 12.7. The summed E-state index contributed by atoms with van der Waals surface area (Å²) >= 11 is 0. The van der Waals surface area contributed by atoms with Crippen molar-refractivity contribution in [3.8, 4) is 5.75 Å². The lowest BCUT2D eigenvalue weighted by atomic mass is 9.98. The van der Waals surface area contributed by atoms with E-state index < -0.39 is 18.0 Å². The lowest BCUT2D eigenvalue weighted by Crippen LogP contribution is -2.30. The molecule has 3 rings (SSSR count). The summed E-state index contributed by atoms with van der Waals surface area (Å²) < 4.78 is 5.33. The Balaban J connectivity index is 1.77. The molecule has 2 N–H and O–H groups in total. The zero-order chi connectivity index (χ0) is 21.1. The predicted molar refractivity (Wildman–Crippen MR) is 114 cm³/mol. The highest BCUT2D eigenvalue weighted by Gasteiger charge is 2.23. The molecule has 0 heterocycles. The van der Waals surface area contributed by atoms with Crippen LogP contribution in [-0.2, 0) is 9.53 Å². The second kappa shape index (κ2) is 8.35. The first-order valence-electron chi connectivity index (χ1n) is 9.61. The van der Waals surface area contributed by atoms with Gasteiger partial charge in [0.05, 0.1) is 0 Å². The van der Waals surface area contributed by atoms with Crippen molar-refractivity contribution in [2.75, 3.05) is 5.32 Å². The minimum absolute atomic E-state index is 0.0297. The van der Waals surface area contributed by atoms with Gasteiger partial charge in [-0.25, -0.2) is 4.79 Å². The monoisotopic (exact) mass is 391 g/mol. The summed E-state index contributed by atoms with van der Waals surface area (Å²) in [5, 5.41) is 14.7. The molecular formula is C24H25NO4. The summed E-state index contributed by atoms with van der Waals surface area (Å²) in [5.74, 6) is -1.11. The lowest BCUT2D eigenvalue weighted by Gasteiger charge is -2.19. The van der Waals surface area contributed by atoms with E-state index in [2.05, 4.69) is 19.2 Å². The number of nitrogens with one attached hydrogen (secondary N) is 1. The molecule has 5 heteroatoms. The fraction of sp³-hybridized carbons (Fsp3) is 0.250. The second-order valence-corrected chi connectivity index (χ2v) is 7.45. The summed E-state index contributed by atoms with van der Waals surface area (Å²) in [4.78, 5) is 25.2. The molecule has 0 aliphatic heterocycles. The molecule has 0 saturated carbocycles. The molecule has 0 unspecified atom stereocenters. The van der Waals surface area contributed by atoms with E-state index in [1.807, 2.05) is 49.4 Å². The van der Waals surface area contributed by atoms with Crippen LogP contribution in [0.4, 0.5) is 5.69 Å². The molecule has 0 saturated heterocycles. The van der Waals surface area contributed by atoms with Crippen LogP contribution >= 0.6 is 0 Å². The molecular weight excluding hydrogens is 366 g/mol. The van der Waals surface area contributed by atoms with Gasteiger partial charge in [0.25, 0.3) is 5.91 Å². The van der Waals surface area contributed by atoms with Gasteiger partial charge in [0.2, 0.25) is 0 Å². The van der Waals surface area contributed by atoms with Crippen LogP contribution in [0.2, 0.25) is 0 Å². The van der Waals surface area contributed by atoms with Gasteiger partial charge in [-0.1, -0.05) is 56.3 Å². The Labute approximate surface area is 170 Å². The van der Waals surface area contributed by atoms with Crippen molar-refractivity contribution >= 4 is 28.3 Å². The summed E-state index contributed by atoms with van der Waals surface area (Å²) in [7, 11) is 0. The average Bonchev–Trinajstić information content (AvgIpc) is 2.68. The number of hydrogen-bond acceptors (Lipinski definition) is 4. The van der Waals surface area contributed by atoms with Crippen LogP contribution in [0.3, 0.4) is 0 Å². The second-order valence-electron chi connectivity index (χ2n) is 7.45. The van der Waals surface area contributed by atoms with E-state index in [0.717, 1.165) is 27.6 Å². The molecule has 29 heavy (non-hydrogen) atoms. The van der Waals surface area contributed by atoms with E-state index in [4.69, 9.17) is 4.74 Å². The third-order valence-electron chi connectivity index (χ3n) is 4.91. The number of amides is 1. The number of carbonyl (C=O) groups excluding carboxylic acids is 2. The van der Waals surface area contributed by atoms with Crippen LogP contribution in [0.15, 0.2) is 54.6 Å². The number of phenols is 1. The Bertz CT molecular complexity index is 1070. The molecule has 150 valence electrons. The van der Waals surface area contributed by atoms with E-state index >= 15 is 0 Å². The largest absolute Gasteiger partial charge is 0.507 e. The quantitative estimate of drug-likeness (QED) is 0.589. The number of hydrogen-bond donors (Lipinski definition) is 2. The first kappa shape index (κ1) is 20.4. The molecule has 0 fully saturated rings. The molecule has 0 bridgehead atoms. The van der Waals surface area contributed by atoms with Crippen LogP contribution in [0.25, 0.3) is 10.8 Å². The molecule has 1 atom stereocenters. The van der Waals surface area contributed by atoms with Gasteiger partial charge in [-0.15, -0.1) is 0 Å². The van der Waals surface area contributed by atoms with Crippen molar-refractivity contribution < 1.29 is 19.4 Å². The molecule has 0 aromatic heterocycles. The first-order valence-corrected chi connectivity index (χ1v) is 9.61. The van der Waals surface area contributed by atoms with Gasteiger partial charge >= 0.3 is 5.97 Å². The topological polar surface area (TPSA) is 75.6 Å². The lowest BCUT2D eigenvalue weighted by molar-refractivity contribution is -0.123. The first-order chi connectivity index (χ1) is 13.8. The van der Waals surface area contributed by atoms with Gasteiger partial charge in [0.15, 0.2) is 6.10 Å². The standard InChI is InChI=1S/C24H25NO4/c1-14(2)19-11-7-8-15(3)22(19)25-23(27)16(4)29-24(28)20-12-17-9-5-6-10-18(17)13-21(20)26/h5-14,16,26H,1-4H3,(H,25,27)/t16-/m1/s1. The Morgan fingerprint density at radius 3 is 2.28 bits per heavy atom. The fourth-order valence-corrected chi connectivity index (χ4v) is 3.24. The maximum Gasteiger partial charge on any atom is 0.342 e. The number of rotatable bonds is 5. The molecule has 1 amide bonds. The van der Waals surface area contributed by atoms with Crippen LogP contribution in [-0.4, -0.2) is 23.1 Å². The van der Waals surface area contributed by atoms with Gasteiger partial charge < -0.3 is 15.2 Å². The Kier molecular flexibility index (Phi) is 5.87. The Hall–Kier alpha value is -3.34. The average molecular weight is 391 g/mol. The number of benzene rings is 3. The number of carbonyl (C=O) groups is 2. The van der Waals surface area contributed by atoms with Gasteiger partial charge in [0, 0.05) is 5.69 Å². The van der Waals surface area contributed by atoms with Crippen molar-refractivity contribution in [1.82, 2.24) is 0 Å². The number of esters is 1. The van der Waals surface area contributed by atoms with Crippen LogP contribution in [0.1, 0.15) is 48.2 Å². The summed E-state index contributed by atoms with van der Waals surface area (Å²) in [6.45, 7) is 7.54. The molecule has 5 nitrogen and oxygen atoms in total. The molecule has 0 aliphatic carbocycles. The van der Waals surface area contributed by atoms with Gasteiger partial charge in [-0.3, -0.25) is 4.79 Å². The van der Waals surface area contributed by atoms with Crippen molar-refractivity contribution in [2.24, 2.45) is 0 Å². The van der Waals surface area contributed by atoms with Crippen LogP contribution in [0.5, 0.6) is 5.75 Å². The summed E-state index contributed by atoms with van der Waals surface area (Å²) in [5.41, 5.74) is 2.73. The van der Waals surface area contributed by atoms with Crippen LogP contribution < -0.4 is 5.32 Å². The third-order valence-corrected chi connectivity index (χ3v) is 4.91. The van der Waals surface area contributed by atoms with Crippen molar-refractivity contribution in [1.29, 1.82) is 0 Å². The van der Waals surface area contributed by atoms with Gasteiger partial charge in [-0.2, -0.15) is 0 Å². The van der Waals surface area contributed by atoms with Gasteiger partial charge in [-0.05, 0) is 53.8 Å². The maximum absolute atomic E-state index is 12.7. The van der Waals surface area contributed by atoms with E-state index in [1.165, 1.54) is 13.0 Å². The SMILES string of the molecule is Cc1cccc(C(C)C)c1NC(=O)[C@@H](C)OC(=O)c1cc2ccccc2cc1O. The van der Waals surface area contributed by atoms with Crippen molar-refractivity contribution in [3.63, 3.8) is 0 Å². The minimum Gasteiger partial charge on any atom is -0.507 e. The number of anilines is 1. The van der Waals surface area contributed by atoms with E-state index in [-0.39, 0.29) is 17.2 Å². The van der Waals surface area contributed by atoms with Crippen molar-refractivity contribution in [3.05, 3.63) is 71.3 Å². The van der Waals surface area contributed by atoms with E-state index in [1.54, 1.807) is 6.07 Å². The smallest absolute Gasteiger partial charge is 0.342 e. The zero-order valence-corrected chi connectivity index (χ0v) is 17.0. The predicted octanol–water partition coefficient (Wildman–Crippen LogP) is 5.16. The highest BCUT2D eigenvalue weighted by Crippen LogP contribution is 2.28. The Morgan fingerprint density at radius 2 is 1.62 bits per heavy atom. The number of aryl methyl sites for hydroxylation is 1.